The van der Waals surface area contributed by atoms with E-state index < -0.39 is 11.9 Å². The predicted octanol–water partition coefficient (Wildman–Crippen LogP) is 1.94. The van der Waals surface area contributed by atoms with Gasteiger partial charge in [-0.3, -0.25) is 10.0 Å². The number of amides is 1. The molecule has 2 aromatic carbocycles. The number of fused-ring (bicyclic) bond motifs is 1. The van der Waals surface area contributed by atoms with Crippen molar-refractivity contribution in [2.24, 2.45) is 5.73 Å². The first-order chi connectivity index (χ1) is 12.1. The van der Waals surface area contributed by atoms with E-state index in [2.05, 4.69) is 10.6 Å². The van der Waals surface area contributed by atoms with Crippen LogP contribution in [0.1, 0.15) is 16.7 Å². The summed E-state index contributed by atoms with van der Waals surface area (Å²) in [6.45, 7) is 0.646. The van der Waals surface area contributed by atoms with E-state index in [4.69, 9.17) is 16.2 Å². The van der Waals surface area contributed by atoms with Crippen molar-refractivity contribution in [1.82, 2.24) is 10.0 Å². The van der Waals surface area contributed by atoms with E-state index in [1.165, 1.54) is 0 Å². The fourth-order valence-electron chi connectivity index (χ4n) is 2.91. The second kappa shape index (κ2) is 7.18. The van der Waals surface area contributed by atoms with Crippen molar-refractivity contribution in [3.8, 4) is 6.07 Å². The highest BCUT2D eigenvalue weighted by atomic mass is 16.5. The van der Waals surface area contributed by atoms with Gasteiger partial charge >= 0.3 is 0 Å². The summed E-state index contributed by atoms with van der Waals surface area (Å²) >= 11 is 0. The zero-order valence-corrected chi connectivity index (χ0v) is 13.5. The maximum absolute atomic E-state index is 11.5. The minimum absolute atomic E-state index is 0.327. The first-order valence-corrected chi connectivity index (χ1v) is 7.87. The zero-order chi connectivity index (χ0) is 17.8. The molecule has 3 aromatic rings. The highest BCUT2D eigenvalue weighted by Gasteiger charge is 2.17. The van der Waals surface area contributed by atoms with Crippen LogP contribution in [0.2, 0.25) is 0 Å². The van der Waals surface area contributed by atoms with Gasteiger partial charge in [0.25, 0.3) is 5.91 Å². The fourth-order valence-corrected chi connectivity index (χ4v) is 2.91. The molecule has 4 N–H and O–H groups in total. The molecule has 25 heavy (non-hydrogen) atoms. The number of rotatable bonds is 5. The molecule has 0 bridgehead atoms. The van der Waals surface area contributed by atoms with Crippen LogP contribution < -0.4 is 11.2 Å². The maximum Gasteiger partial charge on any atom is 0.260 e. The molecule has 3 rings (SSSR count). The van der Waals surface area contributed by atoms with Crippen molar-refractivity contribution in [3.05, 3.63) is 71.4 Å². The van der Waals surface area contributed by atoms with Gasteiger partial charge in [0.2, 0.25) is 0 Å². The number of para-hydroxylation sites is 1. The third kappa shape index (κ3) is 3.53. The molecule has 0 aliphatic heterocycles. The molecule has 6 nitrogen and oxygen atoms in total. The molecule has 0 aliphatic carbocycles. The lowest BCUT2D eigenvalue weighted by molar-refractivity contribution is -0.130. The molecule has 126 valence electrons. The van der Waals surface area contributed by atoms with Gasteiger partial charge < -0.3 is 10.3 Å². The number of nitrogens with one attached hydrogen (secondary N) is 1. The van der Waals surface area contributed by atoms with E-state index in [-0.39, 0.29) is 0 Å². The third-order valence-corrected chi connectivity index (χ3v) is 4.19. The molecule has 0 aliphatic rings. The van der Waals surface area contributed by atoms with Gasteiger partial charge in [-0.15, -0.1) is 0 Å². The summed E-state index contributed by atoms with van der Waals surface area (Å²) in [5.41, 5.74) is 11.1. The van der Waals surface area contributed by atoms with Crippen molar-refractivity contribution >= 4 is 16.8 Å². The molecule has 0 fully saturated rings. The Kier molecular flexibility index (Phi) is 4.80. The zero-order valence-electron chi connectivity index (χ0n) is 13.5. The van der Waals surface area contributed by atoms with Crippen LogP contribution in [-0.4, -0.2) is 21.7 Å². The topological polar surface area (TPSA) is 104 Å². The summed E-state index contributed by atoms with van der Waals surface area (Å²) in [6.07, 6.45) is 2.31. The lowest BCUT2D eigenvalue weighted by Crippen LogP contribution is -2.40. The summed E-state index contributed by atoms with van der Waals surface area (Å²) in [5.74, 6) is -0.607. The molecule has 1 atom stereocenters. The minimum atomic E-state index is -0.820. The Balaban J connectivity index is 1.93. The Bertz CT molecular complexity index is 938. The Morgan fingerprint density at radius 1 is 1.24 bits per heavy atom. The van der Waals surface area contributed by atoms with E-state index in [0.29, 0.717) is 18.5 Å². The summed E-state index contributed by atoms with van der Waals surface area (Å²) < 4.78 is 2.09. The summed E-state index contributed by atoms with van der Waals surface area (Å²) in [4.78, 5) is 11.5. The quantitative estimate of drug-likeness (QED) is 0.490. The number of nitrogens with two attached hydrogens (primary N) is 1. The Morgan fingerprint density at radius 3 is 2.64 bits per heavy atom. The summed E-state index contributed by atoms with van der Waals surface area (Å²) in [7, 11) is 0. The molecule has 0 spiro atoms. The fraction of sp³-hybridized carbons (Fsp3) is 0.158. The van der Waals surface area contributed by atoms with E-state index in [0.717, 1.165) is 22.0 Å². The summed E-state index contributed by atoms with van der Waals surface area (Å²) in [5, 5.41) is 18.7. The normalized spacial score (nSPS) is 11.9. The van der Waals surface area contributed by atoms with Crippen LogP contribution in [-0.2, 0) is 17.8 Å². The molecule has 0 saturated heterocycles. The molecule has 0 saturated carbocycles. The molecule has 0 radical (unpaired) electrons. The highest BCUT2D eigenvalue weighted by Crippen LogP contribution is 2.23. The number of carbonyl (C=O) groups excluding carboxylic acids is 1. The van der Waals surface area contributed by atoms with Gasteiger partial charge in [0, 0.05) is 23.6 Å². The molecule has 1 aromatic heterocycles. The van der Waals surface area contributed by atoms with Gasteiger partial charge in [0.1, 0.15) is 0 Å². The second-order valence-corrected chi connectivity index (χ2v) is 5.89. The van der Waals surface area contributed by atoms with Crippen molar-refractivity contribution in [1.29, 1.82) is 5.26 Å². The predicted molar refractivity (Wildman–Crippen MR) is 93.8 cm³/mol. The van der Waals surface area contributed by atoms with Gasteiger partial charge in [0.05, 0.1) is 17.7 Å². The van der Waals surface area contributed by atoms with Crippen LogP contribution in [0.5, 0.6) is 0 Å². The Morgan fingerprint density at radius 2 is 1.96 bits per heavy atom. The average Bonchev–Trinajstić information content (AvgIpc) is 2.99. The number of nitriles is 1. The number of hydrogen-bond donors (Lipinski definition) is 3. The first kappa shape index (κ1) is 16.7. The average molecular weight is 334 g/mol. The van der Waals surface area contributed by atoms with E-state index >= 15 is 0 Å². The Labute approximate surface area is 145 Å². The van der Waals surface area contributed by atoms with Crippen LogP contribution in [0.25, 0.3) is 10.9 Å². The molecule has 6 heteroatoms. The lowest BCUT2D eigenvalue weighted by atomic mass is 10.1. The minimum Gasteiger partial charge on any atom is -0.343 e. The number of aromatic nitrogens is 1. The van der Waals surface area contributed by atoms with E-state index in [1.807, 2.05) is 42.6 Å². The van der Waals surface area contributed by atoms with Crippen LogP contribution in [0, 0.1) is 11.3 Å². The lowest BCUT2D eigenvalue weighted by Gasteiger charge is -2.08. The van der Waals surface area contributed by atoms with E-state index in [9.17, 15) is 4.79 Å². The number of hydrogen-bond acceptors (Lipinski definition) is 4. The van der Waals surface area contributed by atoms with Crippen molar-refractivity contribution in [2.75, 3.05) is 0 Å². The van der Waals surface area contributed by atoms with Crippen molar-refractivity contribution < 1.29 is 10.0 Å². The molecular weight excluding hydrogens is 316 g/mol. The SMILES string of the molecule is N#Cc1ccc(Cn2cc(CC(N)C(=O)NO)c3ccccc32)cc1. The third-order valence-electron chi connectivity index (χ3n) is 4.19. The summed E-state index contributed by atoms with van der Waals surface area (Å²) in [6, 6.07) is 16.6. The molecular formula is C19H18N4O2. The number of carbonyl (C=O) groups is 1. The highest BCUT2D eigenvalue weighted by molar-refractivity contribution is 5.86. The number of hydroxylamine groups is 1. The maximum atomic E-state index is 11.5. The first-order valence-electron chi connectivity index (χ1n) is 7.87. The Hall–Kier alpha value is -3.14. The molecule has 1 heterocycles. The van der Waals surface area contributed by atoms with Gasteiger partial charge in [-0.1, -0.05) is 30.3 Å². The van der Waals surface area contributed by atoms with Crippen LogP contribution >= 0.6 is 0 Å². The van der Waals surface area contributed by atoms with Gasteiger partial charge in [0.15, 0.2) is 0 Å². The van der Waals surface area contributed by atoms with Crippen LogP contribution in [0.4, 0.5) is 0 Å². The van der Waals surface area contributed by atoms with Gasteiger partial charge in [-0.25, -0.2) is 5.48 Å². The molecule has 1 unspecified atom stereocenters. The number of benzene rings is 2. The standard InChI is InChI=1S/C19H18N4O2/c20-10-13-5-7-14(8-6-13)11-23-12-15(9-17(21)19(24)22-25)16-3-1-2-4-18(16)23/h1-8,12,17,25H,9,11,21H2,(H,22,24). The number of nitrogens with zero attached hydrogens (tertiary/aromatic N) is 2. The second-order valence-electron chi connectivity index (χ2n) is 5.89. The largest absolute Gasteiger partial charge is 0.343 e. The molecule has 1 amide bonds. The van der Waals surface area contributed by atoms with Gasteiger partial charge in [-0.2, -0.15) is 5.26 Å². The van der Waals surface area contributed by atoms with Crippen molar-refractivity contribution in [2.45, 2.75) is 19.0 Å². The smallest absolute Gasteiger partial charge is 0.260 e. The van der Waals surface area contributed by atoms with Gasteiger partial charge in [-0.05, 0) is 35.7 Å². The van der Waals surface area contributed by atoms with Crippen molar-refractivity contribution in [3.63, 3.8) is 0 Å². The van der Waals surface area contributed by atoms with Crippen LogP contribution in [0.3, 0.4) is 0 Å². The monoisotopic (exact) mass is 334 g/mol. The van der Waals surface area contributed by atoms with Crippen LogP contribution in [0.15, 0.2) is 54.7 Å². The van der Waals surface area contributed by atoms with E-state index in [1.54, 1.807) is 17.6 Å².